The lowest BCUT2D eigenvalue weighted by Gasteiger charge is -2.27. The number of alkyl halides is 5. The molecule has 0 aromatic carbocycles. The average molecular weight is 2160 g/mol. The van der Waals surface area contributed by atoms with Crippen molar-refractivity contribution < 1.29 is 119 Å². The fourth-order valence-corrected chi connectivity index (χ4v) is 29.5. The number of aromatic nitrogens is 22. The summed E-state index contributed by atoms with van der Waals surface area (Å²) in [6.45, 7) is -28.2. The molecule has 0 amide bonds. The lowest BCUT2D eigenvalue weighted by atomic mass is 10.1. The van der Waals surface area contributed by atoms with Crippen molar-refractivity contribution >= 4 is 249 Å². The van der Waals surface area contributed by atoms with Crippen molar-refractivity contribution in [3.63, 3.8) is 0 Å². The summed E-state index contributed by atoms with van der Waals surface area (Å²) in [6.07, 6.45) is -16.6. The number of nitrogens with two attached hydrogens (primary N) is 6. The van der Waals surface area contributed by atoms with Crippen molar-refractivity contribution in [3.05, 3.63) is 99.1 Å². The Balaban J connectivity index is 0.000000129. The zero-order valence-corrected chi connectivity index (χ0v) is 79.6. The highest BCUT2D eigenvalue weighted by Gasteiger charge is 2.58. The first-order chi connectivity index (χ1) is 63.5. The lowest BCUT2D eigenvalue weighted by molar-refractivity contribution is -0.0494. The number of halogens is 5. The quantitative estimate of drug-likeness (QED) is 0.0640. The number of ether oxygens (including phenoxy) is 3. The van der Waals surface area contributed by atoms with Gasteiger partial charge in [0, 0.05) is 41.1 Å². The predicted octanol–water partition coefficient (Wildman–Crippen LogP) is 3.77. The van der Waals surface area contributed by atoms with Crippen molar-refractivity contribution in [2.75, 3.05) is 74.0 Å². The Morgan fingerprint density at radius 1 is 0.410 bits per heavy atom. The molecule has 6 bridgehead atoms. The van der Waals surface area contributed by atoms with Crippen molar-refractivity contribution in [1.29, 1.82) is 0 Å². The van der Waals surface area contributed by atoms with Crippen LogP contribution < -0.4 is 51.1 Å². The molecule has 0 saturated carbocycles. The SMILES string of the molecule is Nc1nc2c(ncn2[C@@H]2S[C@@H]3COP(=O)(S)O[C@H]4[C@H](F)[C@H](n5ccc6c(N)ccnc65)O[C@@H]4COP(O)(=S)O[C@@H]2C3)c(=O)[nH]1.Nc1nc2c(ncn2[C@@H]2S[C@@H]3COP(O)(=S)O[C@H]4[C@H](F)[C@H](n5nnc6c(N)ccnc65)O[C@@H]4COP(O)(=S)O[C@@H]2[C@H]3F)c(=O)[nH]1.Nc1nc2c(ncn2[C@@H]2S[C@@H]3COP(O)(=S)O[C@H]4[C@H](F)[C@H](n5nnc6c(N)ccnc65)O[C@@H]4COP(O)(=S)O[C@@H]2[C@H]3F)c(=O)[nH]1. The monoisotopic (exact) mass is 2160 g/mol. The van der Waals surface area contributed by atoms with Gasteiger partial charge >= 0.3 is 40.4 Å². The van der Waals surface area contributed by atoms with E-state index in [1.807, 2.05) is 0 Å². The van der Waals surface area contributed by atoms with E-state index in [1.54, 1.807) is 22.9 Å². The van der Waals surface area contributed by atoms with Crippen molar-refractivity contribution in [2.45, 2.75) is 143 Å². The molecule has 9 saturated heterocycles. The molecule has 0 radical (unpaired) electrons. The van der Waals surface area contributed by atoms with E-state index >= 15 is 22.0 Å². The normalized spacial score (nSPS) is 37.3. The molecule has 0 aliphatic carbocycles. The Morgan fingerprint density at radius 3 is 1.22 bits per heavy atom. The van der Waals surface area contributed by atoms with Crippen LogP contribution in [-0.2, 0) is 132 Å². The topological polar surface area (TPSA) is 709 Å². The predicted molar refractivity (Wildman–Crippen MR) is 487 cm³/mol. The summed E-state index contributed by atoms with van der Waals surface area (Å²) in [6, 6.07) is 6.26. The van der Waals surface area contributed by atoms with E-state index in [2.05, 4.69) is 92.7 Å². The molecule has 52 nitrogen and oxygen atoms in total. The molecule has 9 aliphatic rings. The van der Waals surface area contributed by atoms with E-state index < -0.39 is 226 Å². The molecule has 9 aliphatic heterocycles. The second kappa shape index (κ2) is 37.1. The number of thiol groups is 1. The summed E-state index contributed by atoms with van der Waals surface area (Å²) in [5.74, 6) is -0.537. The standard InChI is InChI=1S/C22H25FN8O8P2S3.2C20H22F2N10O8P2S3/c23-14-16-13(37-20(14)30-4-2-10-11(24)1-3-26-17(10)30)7-36-40(33,42)38-12-5-9(6-35-41(34,43)39-16)44-21(12)31-8-27-15-18(31)28-22(25)29-19(15)32;2*21-9-8-4-37-42(35,44)39-13-7(38-18(10(13)22)32-15-11(29-30-32)6(23)1-2-25-15)3-36-41(34,43)40-14(9)19(45-8)31-5-26-12-16(31)27-20(24)28-17(12)33/h1-4,8-9,12-14,16,20-21H,5-7H2,(H2,24,26)(H,33,42)(H,34,43)(H3,25,28,29,32);2*1-2,5,7-10,13-14,18-19H,3-4H2,(H2,23,25)(H,34,43)(H,35,44)(H3,24,27,28,33)/t9-,12+,13+,14-,16+,20+,21+,40?,41?;2*7-,8-,9+,10+,13-,14-,18-,19-,41?,42?/m011/s1. The second-order valence-electron chi connectivity index (χ2n) is 30.4. The molecule has 21 heterocycles. The van der Waals surface area contributed by atoms with Crippen molar-refractivity contribution in [3.8, 4) is 0 Å². The third-order valence-electron chi connectivity index (χ3n) is 21.8. The minimum Gasteiger partial charge on any atom is -0.398 e. The van der Waals surface area contributed by atoms with Crippen LogP contribution in [0.25, 0.3) is 66.9 Å². The highest BCUT2D eigenvalue weighted by molar-refractivity contribution is 8.44. The van der Waals surface area contributed by atoms with Gasteiger partial charge in [-0.3, -0.25) is 70.2 Å². The van der Waals surface area contributed by atoms with E-state index in [1.165, 1.54) is 75.2 Å². The summed E-state index contributed by atoms with van der Waals surface area (Å²) in [5.41, 5.74) is 35.3. The molecule has 29 atom stereocenters. The number of thioether (sulfide) groups is 3. The van der Waals surface area contributed by atoms with Crippen LogP contribution in [0.4, 0.5) is 56.9 Å². The number of hydrogen-bond acceptors (Lipinski definition) is 46. The fraction of sp³-hybridized carbons (Fsp3) is 0.484. The first-order valence-electron chi connectivity index (χ1n) is 38.9. The van der Waals surface area contributed by atoms with Gasteiger partial charge < -0.3 is 105 Å². The highest BCUT2D eigenvalue weighted by atomic mass is 32.7. The van der Waals surface area contributed by atoms with Crippen LogP contribution in [-0.4, -0.2) is 274 Å². The molecular weight excluding hydrogens is 2090 g/mol. The van der Waals surface area contributed by atoms with E-state index in [0.717, 1.165) is 32.9 Å². The summed E-state index contributed by atoms with van der Waals surface area (Å²) in [4.78, 5) is 136. The first-order valence-corrected chi connectivity index (χ1v) is 57.4. The molecule has 134 heavy (non-hydrogen) atoms. The number of hydrogen-bond donors (Lipinski definition) is 15. The molecule has 72 heteroatoms. The van der Waals surface area contributed by atoms with Crippen LogP contribution >= 0.6 is 87.9 Å². The van der Waals surface area contributed by atoms with Gasteiger partial charge in [0.15, 0.2) is 93.0 Å². The van der Waals surface area contributed by atoms with Gasteiger partial charge in [0.05, 0.1) is 86.6 Å². The number of fused-ring (bicyclic) bond motifs is 15. The Bertz CT molecular complexity index is 6840. The van der Waals surface area contributed by atoms with E-state index in [9.17, 15) is 43.4 Å². The van der Waals surface area contributed by atoms with Crippen molar-refractivity contribution in [1.82, 2.24) is 108 Å². The third-order valence-corrected chi connectivity index (χ3v) is 35.8. The van der Waals surface area contributed by atoms with Crippen LogP contribution in [0.5, 0.6) is 0 Å². The van der Waals surface area contributed by atoms with Crippen LogP contribution in [0.2, 0.25) is 0 Å². The summed E-state index contributed by atoms with van der Waals surface area (Å²) < 4.78 is 186. The third kappa shape index (κ3) is 19.0. The highest BCUT2D eigenvalue weighted by Crippen LogP contribution is 2.63. The number of nitrogen functional groups attached to an aromatic ring is 6. The number of imidazole rings is 3. The zero-order chi connectivity index (χ0) is 94.6. The van der Waals surface area contributed by atoms with Crippen molar-refractivity contribution in [2.24, 2.45) is 0 Å². The second-order valence-corrected chi connectivity index (χ2v) is 51.4. The Morgan fingerprint density at radius 2 is 0.784 bits per heavy atom. The van der Waals surface area contributed by atoms with Gasteiger partial charge in [-0.05, 0) is 89.7 Å². The molecule has 0 spiro atoms. The number of nitrogens with one attached hydrogen (secondary N) is 3. The van der Waals surface area contributed by atoms with Gasteiger partial charge in [-0.15, -0.1) is 45.5 Å². The maximum Gasteiger partial charge on any atom is 0.386 e. The van der Waals surface area contributed by atoms with Gasteiger partial charge in [0.1, 0.15) is 82.9 Å². The number of anilines is 6. The first kappa shape index (κ1) is 96.3. The molecule has 720 valence electrons. The maximum atomic E-state index is 16.0. The summed E-state index contributed by atoms with van der Waals surface area (Å²) in [5, 5.41) is 11.0. The van der Waals surface area contributed by atoms with E-state index in [0.29, 0.717) is 16.7 Å². The number of nitrogens with zero attached hydrogens (tertiary/aromatic N) is 19. The van der Waals surface area contributed by atoms with Crippen LogP contribution in [0.15, 0.2) is 82.4 Å². The van der Waals surface area contributed by atoms with Crippen LogP contribution in [0.3, 0.4) is 0 Å². The van der Waals surface area contributed by atoms with Crippen LogP contribution in [0, 0.1) is 0 Å². The maximum absolute atomic E-state index is 16.0. The zero-order valence-electron chi connectivity index (χ0n) is 66.8. The number of rotatable bonds is 6. The Labute approximate surface area is 786 Å². The molecule has 12 aromatic rings. The minimum absolute atomic E-state index is 0.0131. The molecule has 12 aromatic heterocycles. The van der Waals surface area contributed by atoms with Gasteiger partial charge in [0.2, 0.25) is 17.8 Å². The molecular formula is C62H69F5N28O24P6S9. The minimum atomic E-state index is -4.29. The number of pyridine rings is 3. The van der Waals surface area contributed by atoms with E-state index in [-0.39, 0.29) is 98.1 Å². The number of H-pyrrole nitrogens is 3. The molecule has 9 fully saturated rings. The van der Waals surface area contributed by atoms with E-state index in [4.69, 9.17) is 162 Å². The molecule has 6 unspecified atom stereocenters. The lowest BCUT2D eigenvalue weighted by Crippen LogP contribution is -2.34. The van der Waals surface area contributed by atoms with Gasteiger partial charge in [-0.2, -0.15) is 24.3 Å². The summed E-state index contributed by atoms with van der Waals surface area (Å²) in [7, 11) is 0. The average Bonchev–Trinajstić information content (AvgIpc) is 1.58. The smallest absolute Gasteiger partial charge is 0.386 e. The fourth-order valence-electron chi connectivity index (χ4n) is 15.9. The van der Waals surface area contributed by atoms with Gasteiger partial charge in [0.25, 0.3) is 16.7 Å². The largest absolute Gasteiger partial charge is 0.398 e. The molecule has 21 rings (SSSR count). The molecule has 20 N–H and O–H groups in total. The van der Waals surface area contributed by atoms with Crippen LogP contribution in [0.1, 0.15) is 41.2 Å². The Kier molecular flexibility index (Phi) is 26.7. The van der Waals surface area contributed by atoms with Gasteiger partial charge in [-0.1, -0.05) is 22.7 Å². The summed E-state index contributed by atoms with van der Waals surface area (Å²) >= 11 is 33.4. The Hall–Kier alpha value is -6.63. The van der Waals surface area contributed by atoms with Gasteiger partial charge in [-0.25, -0.2) is 56.4 Å². The number of aromatic amines is 3.